The van der Waals surface area contributed by atoms with E-state index in [0.29, 0.717) is 23.0 Å². The van der Waals surface area contributed by atoms with Crippen LogP contribution in [0.15, 0.2) is 34.1 Å². The molecule has 4 heterocycles. The number of aromatic nitrogens is 1. The molecule has 2 atom stereocenters. The van der Waals surface area contributed by atoms with Gasteiger partial charge in [-0.2, -0.15) is 0 Å². The van der Waals surface area contributed by atoms with E-state index in [2.05, 4.69) is 0 Å². The number of carbonyl (C=O) groups excluding carboxylic acids is 3. The lowest BCUT2D eigenvalue weighted by atomic mass is 9.76. The Labute approximate surface area is 209 Å². The summed E-state index contributed by atoms with van der Waals surface area (Å²) < 4.78 is 1.45. The topological polar surface area (TPSA) is 123 Å². The third-order valence-electron chi connectivity index (χ3n) is 7.02. The molecule has 10 nitrogen and oxygen atoms in total. The Hall–Kier alpha value is -2.99. The number of hydrogen-bond donors (Lipinski definition) is 0. The number of anilines is 1. The number of nitrogens with zero attached hydrogens (tertiary/aromatic N) is 4. The molecule has 0 unspecified atom stereocenters. The number of thioether (sulfide) groups is 1. The molecule has 5 rings (SSSR count). The highest BCUT2D eigenvalue weighted by atomic mass is 32.2. The second kappa shape index (κ2) is 8.59. The van der Waals surface area contributed by atoms with Gasteiger partial charge in [0.15, 0.2) is 0 Å². The molecular weight excluding hydrogens is 492 g/mol. The number of likely N-dealkylation sites (tertiary alicyclic amines) is 1. The summed E-state index contributed by atoms with van der Waals surface area (Å²) in [6.45, 7) is 4.97. The van der Waals surface area contributed by atoms with Gasteiger partial charge in [0.05, 0.1) is 21.6 Å². The van der Waals surface area contributed by atoms with Gasteiger partial charge in [0.2, 0.25) is 17.7 Å². The second-order valence-electron chi connectivity index (χ2n) is 9.55. The molecule has 0 bridgehead atoms. The largest absolute Gasteiger partial charge is 0.341 e. The monoisotopic (exact) mass is 516 g/mol. The van der Waals surface area contributed by atoms with E-state index in [1.165, 1.54) is 40.6 Å². The normalized spacial score (nSPS) is 23.3. The molecule has 0 spiro atoms. The highest BCUT2D eigenvalue weighted by Gasteiger charge is 2.59. The maximum Gasteiger partial charge on any atom is 0.308 e. The van der Waals surface area contributed by atoms with Crippen LogP contribution in [0.1, 0.15) is 38.0 Å². The number of nitro benzene ring substituents is 1. The van der Waals surface area contributed by atoms with Gasteiger partial charge in [0.25, 0.3) is 5.69 Å². The van der Waals surface area contributed by atoms with Crippen molar-refractivity contribution in [3.63, 3.8) is 0 Å². The average molecular weight is 517 g/mol. The van der Waals surface area contributed by atoms with Crippen molar-refractivity contribution >= 4 is 52.2 Å². The molecule has 2 aromatic rings. The molecule has 3 aliphatic heterocycles. The summed E-state index contributed by atoms with van der Waals surface area (Å²) in [6, 6.07) is 5.31. The van der Waals surface area contributed by atoms with Crippen LogP contribution in [-0.2, 0) is 26.3 Å². The first kappa shape index (κ1) is 23.7. The number of fused-ring (bicyclic) bond motifs is 2. The number of carbonyl (C=O) groups is 3. The third-order valence-corrected chi connectivity index (χ3v) is 9.85. The Morgan fingerprint density at radius 1 is 1.09 bits per heavy atom. The van der Waals surface area contributed by atoms with E-state index in [1.54, 1.807) is 4.90 Å². The maximum atomic E-state index is 13.5. The fraction of sp³-hybridized carbons (Fsp3) is 0.478. The van der Waals surface area contributed by atoms with Gasteiger partial charge in [0, 0.05) is 35.5 Å². The zero-order chi connectivity index (χ0) is 25.1. The Morgan fingerprint density at radius 2 is 1.74 bits per heavy atom. The zero-order valence-corrected chi connectivity index (χ0v) is 20.9. The fourth-order valence-corrected chi connectivity index (χ4v) is 8.16. The predicted octanol–water partition coefficient (Wildman–Crippen LogP) is 2.77. The van der Waals surface area contributed by atoms with Gasteiger partial charge in [-0.3, -0.25) is 33.9 Å². The van der Waals surface area contributed by atoms with Crippen molar-refractivity contribution in [1.82, 2.24) is 9.47 Å². The molecule has 0 saturated carbocycles. The highest BCUT2D eigenvalue weighted by molar-refractivity contribution is 8.00. The number of benzene rings is 1. The van der Waals surface area contributed by atoms with E-state index >= 15 is 0 Å². The molecule has 35 heavy (non-hydrogen) atoms. The van der Waals surface area contributed by atoms with Gasteiger partial charge in [0.1, 0.15) is 11.8 Å². The summed E-state index contributed by atoms with van der Waals surface area (Å²) in [5.41, 5.74) is -0.668. The molecule has 3 amide bonds. The average Bonchev–Trinajstić information content (AvgIpc) is 3.28. The zero-order valence-electron chi connectivity index (χ0n) is 19.3. The first-order chi connectivity index (χ1) is 16.6. The van der Waals surface area contributed by atoms with Crippen molar-refractivity contribution in [2.24, 2.45) is 5.92 Å². The Kier molecular flexibility index (Phi) is 5.83. The van der Waals surface area contributed by atoms with E-state index in [-0.39, 0.29) is 28.7 Å². The van der Waals surface area contributed by atoms with Crippen LogP contribution in [0.25, 0.3) is 0 Å². The van der Waals surface area contributed by atoms with Crippen molar-refractivity contribution in [1.29, 1.82) is 0 Å². The van der Waals surface area contributed by atoms with Crippen LogP contribution in [0.4, 0.5) is 11.4 Å². The first-order valence-corrected chi connectivity index (χ1v) is 13.1. The quantitative estimate of drug-likeness (QED) is 0.348. The third kappa shape index (κ3) is 3.79. The molecule has 0 aliphatic carbocycles. The lowest BCUT2D eigenvalue weighted by Crippen LogP contribution is -2.42. The van der Waals surface area contributed by atoms with E-state index in [1.807, 2.05) is 13.8 Å². The smallest absolute Gasteiger partial charge is 0.308 e. The van der Waals surface area contributed by atoms with E-state index in [0.717, 1.165) is 35.5 Å². The standard InChI is InChI=1S/C23H24N4O6S2/c1-23(2)16-17(20(30)26(19(16)29)13-6-8-14(9-7-13)27(32)33)34-21-18(23)35-22(31)25(21)12-15(28)24-10-4-3-5-11-24/h6-9,16-17H,3-5,10-12H2,1-2H3/t16-,17+/m1/s1. The number of nitro groups is 1. The van der Waals surface area contributed by atoms with Crippen molar-refractivity contribution in [3.8, 4) is 0 Å². The van der Waals surface area contributed by atoms with Crippen molar-refractivity contribution in [2.45, 2.75) is 55.3 Å². The summed E-state index contributed by atoms with van der Waals surface area (Å²) in [6.07, 6.45) is 2.98. The minimum atomic E-state index is -0.809. The molecule has 1 aromatic heterocycles. The number of piperidine rings is 1. The number of imide groups is 1. The molecule has 3 aliphatic rings. The van der Waals surface area contributed by atoms with Crippen LogP contribution in [-0.4, -0.2) is 50.5 Å². The summed E-state index contributed by atoms with van der Waals surface area (Å²) in [5.74, 6) is -1.64. The van der Waals surface area contributed by atoms with Crippen LogP contribution in [0.2, 0.25) is 0 Å². The summed E-state index contributed by atoms with van der Waals surface area (Å²) in [7, 11) is 0. The molecule has 12 heteroatoms. The molecule has 2 fully saturated rings. The van der Waals surface area contributed by atoms with Gasteiger partial charge >= 0.3 is 4.87 Å². The van der Waals surface area contributed by atoms with Crippen LogP contribution >= 0.6 is 23.1 Å². The van der Waals surface area contributed by atoms with E-state index in [4.69, 9.17) is 0 Å². The SMILES string of the molecule is CC1(C)c2sc(=O)n(CC(=O)N3CCCCC3)c2S[C@@H]2C(=O)N(c3ccc([N+](=O)[O-])cc3)C(=O)[C@@H]21. The Morgan fingerprint density at radius 3 is 2.37 bits per heavy atom. The van der Waals surface area contributed by atoms with Gasteiger partial charge in [-0.25, -0.2) is 4.90 Å². The lowest BCUT2D eigenvalue weighted by molar-refractivity contribution is -0.384. The van der Waals surface area contributed by atoms with Crippen LogP contribution in [0.5, 0.6) is 0 Å². The molecular formula is C23H24N4O6S2. The number of rotatable bonds is 4. The summed E-state index contributed by atoms with van der Waals surface area (Å²) >= 11 is 2.19. The first-order valence-electron chi connectivity index (χ1n) is 11.4. The molecule has 0 N–H and O–H groups in total. The fourth-order valence-electron chi connectivity index (χ4n) is 5.12. The van der Waals surface area contributed by atoms with Gasteiger partial charge in [-0.15, -0.1) is 0 Å². The lowest BCUT2D eigenvalue weighted by Gasteiger charge is -2.36. The van der Waals surface area contributed by atoms with Crippen molar-refractivity contribution in [2.75, 3.05) is 18.0 Å². The second-order valence-corrected chi connectivity index (χ2v) is 11.6. The number of thiazole rings is 1. The molecule has 0 radical (unpaired) electrons. The minimum Gasteiger partial charge on any atom is -0.341 e. The van der Waals surface area contributed by atoms with Crippen LogP contribution < -0.4 is 9.77 Å². The number of hydrogen-bond acceptors (Lipinski definition) is 8. The summed E-state index contributed by atoms with van der Waals surface area (Å²) in [5, 5.41) is 10.8. The molecule has 1 aromatic carbocycles. The van der Waals surface area contributed by atoms with Crippen molar-refractivity contribution < 1.29 is 19.3 Å². The maximum absolute atomic E-state index is 13.5. The Bertz CT molecular complexity index is 1290. The Balaban J connectivity index is 1.47. The summed E-state index contributed by atoms with van der Waals surface area (Å²) in [4.78, 5) is 66.5. The van der Waals surface area contributed by atoms with Crippen LogP contribution in [0, 0.1) is 16.0 Å². The highest BCUT2D eigenvalue weighted by Crippen LogP contribution is 2.54. The number of non-ortho nitro benzene ring substituents is 1. The number of amides is 3. The van der Waals surface area contributed by atoms with E-state index < -0.39 is 33.3 Å². The van der Waals surface area contributed by atoms with E-state index in [9.17, 15) is 29.3 Å². The van der Waals surface area contributed by atoms with Crippen molar-refractivity contribution in [3.05, 3.63) is 48.9 Å². The van der Waals surface area contributed by atoms with Gasteiger partial charge in [-0.05, 0) is 31.4 Å². The van der Waals surface area contributed by atoms with Crippen LogP contribution in [0.3, 0.4) is 0 Å². The van der Waals surface area contributed by atoms with Gasteiger partial charge < -0.3 is 4.90 Å². The molecule has 2 saturated heterocycles. The predicted molar refractivity (Wildman–Crippen MR) is 131 cm³/mol. The minimum absolute atomic E-state index is 0.0840. The molecule has 184 valence electrons. The van der Waals surface area contributed by atoms with Gasteiger partial charge in [-0.1, -0.05) is 36.9 Å².